The van der Waals surface area contributed by atoms with Gasteiger partial charge in [-0.05, 0) is 48.9 Å². The van der Waals surface area contributed by atoms with Crippen LogP contribution in [0.5, 0.6) is 0 Å². The predicted molar refractivity (Wildman–Crippen MR) is 166 cm³/mol. The fourth-order valence-electron chi connectivity index (χ4n) is 6.82. The van der Waals surface area contributed by atoms with Gasteiger partial charge in [0.1, 0.15) is 12.2 Å². The van der Waals surface area contributed by atoms with Crippen molar-refractivity contribution < 1.29 is 18.5 Å². The maximum Gasteiger partial charge on any atom is 0.261 e. The molecular formula is C36H38NO4P. The summed E-state index contributed by atoms with van der Waals surface area (Å²) in [6.45, 7) is 5.84. The van der Waals surface area contributed by atoms with Crippen LogP contribution in [0.25, 0.3) is 0 Å². The van der Waals surface area contributed by atoms with Crippen molar-refractivity contribution in [3.8, 4) is 0 Å². The van der Waals surface area contributed by atoms with Crippen LogP contribution in [0.2, 0.25) is 0 Å². The van der Waals surface area contributed by atoms with Crippen molar-refractivity contribution in [1.82, 2.24) is 4.67 Å². The monoisotopic (exact) mass is 579 g/mol. The zero-order chi connectivity index (χ0) is 28.6. The Labute approximate surface area is 250 Å². The molecule has 42 heavy (non-hydrogen) atoms. The lowest BCUT2D eigenvalue weighted by molar-refractivity contribution is -0.175. The van der Waals surface area contributed by atoms with Gasteiger partial charge in [0.05, 0.1) is 0 Å². The lowest BCUT2D eigenvalue weighted by atomic mass is 9.72. The van der Waals surface area contributed by atoms with E-state index >= 15 is 0 Å². The topological polar surface area (TPSA) is 40.2 Å². The Balaban J connectivity index is 1.55. The van der Waals surface area contributed by atoms with Crippen molar-refractivity contribution in [2.75, 3.05) is 13.1 Å². The maximum absolute atomic E-state index is 7.58. The smallest absolute Gasteiger partial charge is 0.261 e. The summed E-state index contributed by atoms with van der Waals surface area (Å²) in [6.07, 6.45) is 2.39. The number of fused-ring (bicyclic) bond motifs is 1. The molecule has 3 fully saturated rings. The van der Waals surface area contributed by atoms with E-state index < -0.39 is 37.7 Å². The molecule has 3 aliphatic rings. The van der Waals surface area contributed by atoms with E-state index in [4.69, 9.17) is 18.5 Å². The average molecular weight is 580 g/mol. The summed E-state index contributed by atoms with van der Waals surface area (Å²) in [5, 5.41) is 0. The summed E-state index contributed by atoms with van der Waals surface area (Å²) in [4.78, 5) is 0. The number of piperidine rings is 1. The quantitative estimate of drug-likeness (QED) is 0.223. The van der Waals surface area contributed by atoms with Gasteiger partial charge in [0, 0.05) is 13.1 Å². The molecule has 0 radical (unpaired) electrons. The zero-order valence-electron chi connectivity index (χ0n) is 24.3. The average Bonchev–Trinajstić information content (AvgIpc) is 3.33. The molecule has 2 unspecified atom stereocenters. The van der Waals surface area contributed by atoms with Crippen LogP contribution in [-0.2, 0) is 29.7 Å². The Hall–Kier alpha value is -2.89. The summed E-state index contributed by atoms with van der Waals surface area (Å²) in [5.41, 5.74) is 2.12. The van der Waals surface area contributed by atoms with Gasteiger partial charge < -0.3 is 18.5 Å². The first-order chi connectivity index (χ1) is 20.5. The SMILES string of the molecule is CC1(C)OC2C(O1)C(c1ccccc1)(c1ccccc1)OP(N1CCCCC1)OC2(c1ccccc1)c1ccccc1. The van der Waals surface area contributed by atoms with Gasteiger partial charge in [0.2, 0.25) is 0 Å². The number of ether oxygens (including phenoxy) is 2. The molecule has 6 heteroatoms. The fraction of sp³-hybridized carbons (Fsp3) is 0.333. The second-order valence-corrected chi connectivity index (χ2v) is 13.3. The van der Waals surface area contributed by atoms with E-state index in [9.17, 15) is 0 Å². The van der Waals surface area contributed by atoms with E-state index in [0.717, 1.165) is 48.2 Å². The van der Waals surface area contributed by atoms with Crippen LogP contribution in [-0.4, -0.2) is 35.8 Å². The Bertz CT molecular complexity index is 1280. The molecule has 0 aliphatic carbocycles. The van der Waals surface area contributed by atoms with Gasteiger partial charge in [-0.15, -0.1) is 0 Å². The largest absolute Gasteiger partial charge is 0.341 e. The molecule has 2 atom stereocenters. The van der Waals surface area contributed by atoms with Gasteiger partial charge in [-0.3, -0.25) is 0 Å². The number of hydrogen-bond donors (Lipinski definition) is 0. The normalized spacial score (nSPS) is 26.7. The van der Waals surface area contributed by atoms with Gasteiger partial charge in [-0.2, -0.15) is 0 Å². The van der Waals surface area contributed by atoms with Gasteiger partial charge in [0.15, 0.2) is 17.0 Å². The van der Waals surface area contributed by atoms with Crippen LogP contribution in [0, 0.1) is 0 Å². The second kappa shape index (κ2) is 11.3. The lowest BCUT2D eigenvalue weighted by Gasteiger charge is -2.42. The minimum absolute atomic E-state index is 0.532. The van der Waals surface area contributed by atoms with Crippen molar-refractivity contribution >= 4 is 8.53 Å². The van der Waals surface area contributed by atoms with Crippen LogP contribution in [0.4, 0.5) is 0 Å². The highest BCUT2D eigenvalue weighted by molar-refractivity contribution is 7.44. The molecule has 216 valence electrons. The number of benzene rings is 4. The van der Waals surface area contributed by atoms with E-state index in [0.29, 0.717) is 0 Å². The molecule has 0 N–H and O–H groups in total. The molecule has 0 bridgehead atoms. The molecule has 5 nitrogen and oxygen atoms in total. The second-order valence-electron chi connectivity index (χ2n) is 11.8. The minimum Gasteiger partial charge on any atom is -0.341 e. The van der Waals surface area contributed by atoms with E-state index in [-0.39, 0.29) is 0 Å². The zero-order valence-corrected chi connectivity index (χ0v) is 25.2. The van der Waals surface area contributed by atoms with E-state index in [1.165, 1.54) is 6.42 Å². The molecule has 0 aromatic heterocycles. The summed E-state index contributed by atoms with van der Waals surface area (Å²) < 4.78 is 31.7. The van der Waals surface area contributed by atoms with E-state index in [2.05, 4.69) is 126 Å². The molecule has 0 amide bonds. The van der Waals surface area contributed by atoms with Gasteiger partial charge in [-0.1, -0.05) is 128 Å². The fourth-order valence-corrected chi connectivity index (χ4v) is 8.82. The van der Waals surface area contributed by atoms with Crippen molar-refractivity contribution in [3.63, 3.8) is 0 Å². The standard InChI is InChI=1S/C36H38NO4P/c1-34(2)38-32-33(39-34)36(30-22-12-5-13-23-30,31-24-14-6-15-25-31)41-42(37-26-16-7-17-27-37)40-35(32,28-18-8-3-9-19-28)29-20-10-4-11-21-29/h3-6,8-15,18-25,32-33H,7,16-17,26-27H2,1-2H3. The Kier molecular flexibility index (Phi) is 7.52. The summed E-state index contributed by atoms with van der Waals surface area (Å²) in [7, 11) is -1.57. The molecule has 0 saturated carbocycles. The maximum atomic E-state index is 7.58. The number of nitrogens with zero attached hydrogens (tertiary/aromatic N) is 1. The first-order valence-corrected chi connectivity index (χ1v) is 16.2. The summed E-state index contributed by atoms with van der Waals surface area (Å²) in [6, 6.07) is 42.1. The van der Waals surface area contributed by atoms with Crippen LogP contribution in [0.3, 0.4) is 0 Å². The van der Waals surface area contributed by atoms with Gasteiger partial charge in [0.25, 0.3) is 8.53 Å². The van der Waals surface area contributed by atoms with Crippen molar-refractivity contribution in [3.05, 3.63) is 144 Å². The van der Waals surface area contributed by atoms with Crippen LogP contribution in [0.15, 0.2) is 121 Å². The summed E-state index contributed by atoms with van der Waals surface area (Å²) in [5.74, 6) is -0.878. The van der Waals surface area contributed by atoms with E-state index in [1.807, 2.05) is 13.8 Å². The van der Waals surface area contributed by atoms with Crippen molar-refractivity contribution in [2.45, 2.75) is 62.3 Å². The van der Waals surface area contributed by atoms with Crippen LogP contribution >= 0.6 is 8.53 Å². The number of hydrogen-bond acceptors (Lipinski definition) is 5. The number of rotatable bonds is 5. The molecular weight excluding hydrogens is 541 g/mol. The van der Waals surface area contributed by atoms with Gasteiger partial charge in [-0.25, -0.2) is 4.67 Å². The first-order valence-electron chi connectivity index (χ1n) is 15.0. The Morgan fingerprint density at radius 3 is 1.19 bits per heavy atom. The highest BCUT2D eigenvalue weighted by Crippen LogP contribution is 2.65. The summed E-state index contributed by atoms with van der Waals surface area (Å²) >= 11 is 0. The lowest BCUT2D eigenvalue weighted by Crippen LogP contribution is -2.53. The molecule has 4 aromatic rings. The predicted octanol–water partition coefficient (Wildman–Crippen LogP) is 8.15. The molecule has 7 rings (SSSR count). The van der Waals surface area contributed by atoms with Crippen LogP contribution < -0.4 is 0 Å². The van der Waals surface area contributed by atoms with Crippen LogP contribution in [0.1, 0.15) is 55.4 Å². The third kappa shape index (κ3) is 4.73. The van der Waals surface area contributed by atoms with Crippen molar-refractivity contribution in [1.29, 1.82) is 0 Å². The third-order valence-corrected chi connectivity index (χ3v) is 10.5. The molecule has 4 aromatic carbocycles. The molecule has 3 heterocycles. The minimum atomic E-state index is -1.57. The van der Waals surface area contributed by atoms with Gasteiger partial charge >= 0.3 is 0 Å². The molecule has 3 aliphatic heterocycles. The van der Waals surface area contributed by atoms with Crippen molar-refractivity contribution in [2.24, 2.45) is 0 Å². The molecule has 0 spiro atoms. The Morgan fingerprint density at radius 2 is 0.857 bits per heavy atom. The van der Waals surface area contributed by atoms with E-state index in [1.54, 1.807) is 0 Å². The Morgan fingerprint density at radius 1 is 0.524 bits per heavy atom. The first kappa shape index (κ1) is 27.9. The highest BCUT2D eigenvalue weighted by Gasteiger charge is 2.67. The highest BCUT2D eigenvalue weighted by atomic mass is 31.2. The third-order valence-electron chi connectivity index (χ3n) is 8.72. The molecule has 3 saturated heterocycles.